The highest BCUT2D eigenvalue weighted by molar-refractivity contribution is 5.93. The number of pyridine rings is 1. The second-order valence-electron chi connectivity index (χ2n) is 3.52. The van der Waals surface area contributed by atoms with Gasteiger partial charge in [-0.2, -0.15) is 0 Å². The maximum atomic E-state index is 11.4. The summed E-state index contributed by atoms with van der Waals surface area (Å²) in [6.07, 6.45) is 1.39. The summed E-state index contributed by atoms with van der Waals surface area (Å²) >= 11 is 0. The normalized spacial score (nSPS) is 9.61. The van der Waals surface area contributed by atoms with E-state index in [4.69, 9.17) is 5.11 Å². The Morgan fingerprint density at radius 3 is 2.72 bits per heavy atom. The van der Waals surface area contributed by atoms with Gasteiger partial charge in [-0.15, -0.1) is 0 Å². The summed E-state index contributed by atoms with van der Waals surface area (Å²) in [5, 5.41) is 13.7. The molecule has 0 radical (unpaired) electrons. The van der Waals surface area contributed by atoms with Gasteiger partial charge in [-0.05, 0) is 12.1 Å². The van der Waals surface area contributed by atoms with Crippen molar-refractivity contribution in [3.8, 4) is 0 Å². The van der Waals surface area contributed by atoms with Crippen LogP contribution in [0.25, 0.3) is 0 Å². The molecule has 2 amide bonds. The number of nitrogens with zero attached hydrogens (tertiary/aromatic N) is 1. The van der Waals surface area contributed by atoms with Crippen LogP contribution in [0.5, 0.6) is 0 Å². The third-order valence-electron chi connectivity index (χ3n) is 2.00. The molecule has 7 heteroatoms. The fraction of sp³-hybridized carbons (Fsp3) is 0.273. The topological polar surface area (TPSA) is 108 Å². The molecule has 0 spiro atoms. The van der Waals surface area contributed by atoms with E-state index in [9.17, 15) is 14.4 Å². The van der Waals surface area contributed by atoms with Crippen LogP contribution < -0.4 is 10.6 Å². The van der Waals surface area contributed by atoms with Gasteiger partial charge in [-0.1, -0.05) is 0 Å². The average Bonchev–Trinajstić information content (AvgIpc) is 2.28. The number of aromatic carboxylic acids is 1. The van der Waals surface area contributed by atoms with Gasteiger partial charge in [0.1, 0.15) is 5.82 Å². The van der Waals surface area contributed by atoms with Crippen molar-refractivity contribution < 1.29 is 19.5 Å². The van der Waals surface area contributed by atoms with Gasteiger partial charge in [0, 0.05) is 26.1 Å². The monoisotopic (exact) mass is 251 g/mol. The first-order chi connectivity index (χ1) is 8.49. The first-order valence-electron chi connectivity index (χ1n) is 5.22. The standard InChI is InChI=1S/C11H13N3O4/c1-7(15)12-5-3-10(16)14-9-6-8(11(17)18)2-4-13-9/h2,4,6H,3,5H2,1H3,(H,12,15)(H,17,18)(H,13,14,16). The summed E-state index contributed by atoms with van der Waals surface area (Å²) in [6.45, 7) is 1.58. The first kappa shape index (κ1) is 13.6. The van der Waals surface area contributed by atoms with Crippen LogP contribution in [0, 0.1) is 0 Å². The highest BCUT2D eigenvalue weighted by Gasteiger charge is 2.07. The lowest BCUT2D eigenvalue weighted by molar-refractivity contribution is -0.119. The first-order valence-corrected chi connectivity index (χ1v) is 5.22. The van der Waals surface area contributed by atoms with Gasteiger partial charge in [0.15, 0.2) is 0 Å². The lowest BCUT2D eigenvalue weighted by Crippen LogP contribution is -2.25. The van der Waals surface area contributed by atoms with Crippen molar-refractivity contribution in [2.45, 2.75) is 13.3 Å². The van der Waals surface area contributed by atoms with Crippen molar-refractivity contribution >= 4 is 23.6 Å². The molecule has 0 bridgehead atoms. The molecule has 0 aliphatic heterocycles. The van der Waals surface area contributed by atoms with E-state index in [2.05, 4.69) is 15.6 Å². The smallest absolute Gasteiger partial charge is 0.335 e. The summed E-state index contributed by atoms with van der Waals surface area (Å²) in [7, 11) is 0. The number of nitrogens with one attached hydrogen (secondary N) is 2. The number of carbonyl (C=O) groups excluding carboxylic acids is 2. The number of rotatable bonds is 5. The van der Waals surface area contributed by atoms with Crippen molar-refractivity contribution in [1.29, 1.82) is 0 Å². The molecule has 1 heterocycles. The van der Waals surface area contributed by atoms with Gasteiger partial charge >= 0.3 is 5.97 Å². The molecule has 7 nitrogen and oxygen atoms in total. The maximum Gasteiger partial charge on any atom is 0.335 e. The van der Waals surface area contributed by atoms with E-state index in [0.29, 0.717) is 0 Å². The summed E-state index contributed by atoms with van der Waals surface area (Å²) in [5.41, 5.74) is 0.0437. The molecule has 0 aliphatic rings. The van der Waals surface area contributed by atoms with Crippen molar-refractivity contribution in [2.24, 2.45) is 0 Å². The molecule has 0 fully saturated rings. The molecular formula is C11H13N3O4. The van der Waals surface area contributed by atoms with E-state index in [1.165, 1.54) is 25.3 Å². The lowest BCUT2D eigenvalue weighted by Gasteiger charge is -2.05. The zero-order valence-electron chi connectivity index (χ0n) is 9.77. The summed E-state index contributed by atoms with van der Waals surface area (Å²) in [6, 6.07) is 2.59. The zero-order valence-corrected chi connectivity index (χ0v) is 9.77. The minimum atomic E-state index is -1.09. The fourth-order valence-electron chi connectivity index (χ4n) is 1.19. The van der Waals surface area contributed by atoms with Crippen LogP contribution in [-0.4, -0.2) is 34.4 Å². The average molecular weight is 251 g/mol. The molecule has 1 aromatic rings. The van der Waals surface area contributed by atoms with Crippen LogP contribution >= 0.6 is 0 Å². The van der Waals surface area contributed by atoms with Crippen LogP contribution in [0.2, 0.25) is 0 Å². The maximum absolute atomic E-state index is 11.4. The predicted octanol–water partition coefficient (Wildman–Crippen LogP) is 0.244. The van der Waals surface area contributed by atoms with E-state index in [0.717, 1.165) is 0 Å². The van der Waals surface area contributed by atoms with Crippen LogP contribution in [0.4, 0.5) is 5.82 Å². The minimum absolute atomic E-state index is 0.0437. The Bertz CT molecular complexity index is 473. The number of amides is 2. The largest absolute Gasteiger partial charge is 0.478 e. The number of hydrogen-bond acceptors (Lipinski definition) is 4. The highest BCUT2D eigenvalue weighted by Crippen LogP contribution is 2.06. The van der Waals surface area contributed by atoms with E-state index in [-0.39, 0.29) is 36.2 Å². The van der Waals surface area contributed by atoms with Crippen LogP contribution in [-0.2, 0) is 9.59 Å². The number of carboxylic acid groups (broad SMARTS) is 1. The number of anilines is 1. The Kier molecular flexibility index (Phi) is 4.79. The minimum Gasteiger partial charge on any atom is -0.478 e. The third kappa shape index (κ3) is 4.60. The molecule has 0 saturated heterocycles. The second-order valence-corrected chi connectivity index (χ2v) is 3.52. The Morgan fingerprint density at radius 1 is 1.39 bits per heavy atom. The summed E-state index contributed by atoms with van der Waals surface area (Å²) in [5.74, 6) is -1.48. The Labute approximate surface area is 103 Å². The quantitative estimate of drug-likeness (QED) is 0.694. The number of carbonyl (C=O) groups is 3. The van der Waals surface area contributed by atoms with Crippen molar-refractivity contribution in [2.75, 3.05) is 11.9 Å². The molecule has 0 aliphatic carbocycles. The predicted molar refractivity (Wildman–Crippen MR) is 63.1 cm³/mol. The fourth-order valence-corrected chi connectivity index (χ4v) is 1.19. The van der Waals surface area contributed by atoms with Crippen LogP contribution in [0.3, 0.4) is 0 Å². The van der Waals surface area contributed by atoms with Gasteiger partial charge < -0.3 is 15.7 Å². The molecule has 96 valence electrons. The molecule has 1 aromatic heterocycles. The molecule has 0 unspecified atom stereocenters. The van der Waals surface area contributed by atoms with E-state index < -0.39 is 5.97 Å². The summed E-state index contributed by atoms with van der Waals surface area (Å²) < 4.78 is 0. The molecule has 0 saturated carbocycles. The Balaban J connectivity index is 2.51. The Hall–Kier alpha value is -2.44. The van der Waals surface area contributed by atoms with Gasteiger partial charge in [-0.3, -0.25) is 9.59 Å². The van der Waals surface area contributed by atoms with E-state index in [1.807, 2.05) is 0 Å². The molecule has 1 rings (SSSR count). The molecule has 3 N–H and O–H groups in total. The number of carboxylic acids is 1. The third-order valence-corrected chi connectivity index (χ3v) is 2.00. The van der Waals surface area contributed by atoms with Gasteiger partial charge in [0.2, 0.25) is 11.8 Å². The highest BCUT2D eigenvalue weighted by atomic mass is 16.4. The van der Waals surface area contributed by atoms with Crippen molar-refractivity contribution in [1.82, 2.24) is 10.3 Å². The molecule has 0 atom stereocenters. The SMILES string of the molecule is CC(=O)NCCC(=O)Nc1cc(C(=O)O)ccn1. The van der Waals surface area contributed by atoms with Crippen LogP contribution in [0.1, 0.15) is 23.7 Å². The Morgan fingerprint density at radius 2 is 2.11 bits per heavy atom. The van der Waals surface area contributed by atoms with Crippen molar-refractivity contribution in [3.63, 3.8) is 0 Å². The second kappa shape index (κ2) is 6.33. The summed E-state index contributed by atoms with van der Waals surface area (Å²) in [4.78, 5) is 36.5. The number of hydrogen-bond donors (Lipinski definition) is 3. The molecule has 18 heavy (non-hydrogen) atoms. The van der Waals surface area contributed by atoms with Crippen LogP contribution in [0.15, 0.2) is 18.3 Å². The van der Waals surface area contributed by atoms with Gasteiger partial charge in [0.05, 0.1) is 5.56 Å². The van der Waals surface area contributed by atoms with Crippen molar-refractivity contribution in [3.05, 3.63) is 23.9 Å². The van der Waals surface area contributed by atoms with Gasteiger partial charge in [-0.25, -0.2) is 9.78 Å². The lowest BCUT2D eigenvalue weighted by atomic mass is 10.2. The molecule has 0 aromatic carbocycles. The van der Waals surface area contributed by atoms with E-state index >= 15 is 0 Å². The zero-order chi connectivity index (χ0) is 13.5. The van der Waals surface area contributed by atoms with Gasteiger partial charge in [0.25, 0.3) is 0 Å². The number of aromatic nitrogens is 1. The van der Waals surface area contributed by atoms with E-state index in [1.54, 1.807) is 0 Å². The molecular weight excluding hydrogens is 238 g/mol.